The van der Waals surface area contributed by atoms with Crippen LogP contribution in [0.4, 0.5) is 4.79 Å². The van der Waals surface area contributed by atoms with E-state index in [9.17, 15) is 9.59 Å². The zero-order chi connectivity index (χ0) is 13.0. The zero-order valence-corrected chi connectivity index (χ0v) is 9.64. The number of amides is 1. The fraction of sp³-hybridized carbons (Fsp3) is 0.250. The van der Waals surface area contributed by atoms with Crippen LogP contribution in [0.1, 0.15) is 12.0 Å². The number of benzene rings is 1. The molecule has 3 N–H and O–H groups in total. The minimum atomic E-state index is -1.01. The Bertz CT molecular complexity index is 621. The van der Waals surface area contributed by atoms with E-state index in [1.807, 2.05) is 12.1 Å². The average molecular weight is 247 g/mol. The predicted molar refractivity (Wildman–Crippen MR) is 66.7 cm³/mol. The highest BCUT2D eigenvalue weighted by Gasteiger charge is 2.01. The Hall–Kier alpha value is -2.37. The molecule has 94 valence electrons. The second-order valence-electron chi connectivity index (χ2n) is 3.92. The molecule has 2 aromatic rings. The molecule has 1 heterocycles. The van der Waals surface area contributed by atoms with Crippen molar-refractivity contribution in [3.8, 4) is 0 Å². The number of rotatable bonds is 4. The Kier molecular flexibility index (Phi) is 3.57. The molecule has 0 bridgehead atoms. The molecular weight excluding hydrogens is 234 g/mol. The topological polar surface area (TPSA) is 95.1 Å². The van der Waals surface area contributed by atoms with Crippen LogP contribution in [0.2, 0.25) is 0 Å². The van der Waals surface area contributed by atoms with Gasteiger partial charge in [0.05, 0.1) is 17.2 Å². The number of nitrogens with one attached hydrogen (secondary N) is 2. The van der Waals surface area contributed by atoms with Crippen LogP contribution in [-0.2, 0) is 6.42 Å². The van der Waals surface area contributed by atoms with E-state index in [2.05, 4.69) is 15.3 Å². The SMILES string of the molecule is O=C(O)NCCCc1ccc2c(=O)[nH]cnc2c1. The van der Waals surface area contributed by atoms with Crippen molar-refractivity contribution in [3.63, 3.8) is 0 Å². The highest BCUT2D eigenvalue weighted by Crippen LogP contribution is 2.10. The molecule has 1 aromatic carbocycles. The summed E-state index contributed by atoms with van der Waals surface area (Å²) in [4.78, 5) is 28.3. The van der Waals surface area contributed by atoms with Crippen molar-refractivity contribution >= 4 is 17.0 Å². The molecule has 18 heavy (non-hydrogen) atoms. The lowest BCUT2D eigenvalue weighted by molar-refractivity contribution is 0.194. The van der Waals surface area contributed by atoms with Gasteiger partial charge in [0.15, 0.2) is 0 Å². The summed E-state index contributed by atoms with van der Waals surface area (Å²) in [5, 5.41) is 11.3. The Morgan fingerprint density at radius 2 is 2.28 bits per heavy atom. The summed E-state index contributed by atoms with van der Waals surface area (Å²) < 4.78 is 0. The summed E-state index contributed by atoms with van der Waals surface area (Å²) in [6.45, 7) is 0.413. The van der Waals surface area contributed by atoms with Crippen LogP contribution >= 0.6 is 0 Å². The van der Waals surface area contributed by atoms with Gasteiger partial charge in [0.1, 0.15) is 0 Å². The Labute approximate surface area is 103 Å². The maximum absolute atomic E-state index is 11.5. The van der Waals surface area contributed by atoms with Crippen LogP contribution in [-0.4, -0.2) is 27.7 Å². The van der Waals surface area contributed by atoms with Gasteiger partial charge in [-0.3, -0.25) is 4.79 Å². The minimum absolute atomic E-state index is 0.154. The molecule has 6 heteroatoms. The standard InChI is InChI=1S/C12H13N3O3/c16-11-9-4-3-8(2-1-5-13-12(17)18)6-10(9)14-7-15-11/h3-4,6-7,13H,1-2,5H2,(H,17,18)(H,14,15,16). The van der Waals surface area contributed by atoms with Gasteiger partial charge in [-0.05, 0) is 30.5 Å². The second-order valence-corrected chi connectivity index (χ2v) is 3.92. The fourth-order valence-corrected chi connectivity index (χ4v) is 1.76. The van der Waals surface area contributed by atoms with Crippen molar-refractivity contribution in [1.29, 1.82) is 0 Å². The van der Waals surface area contributed by atoms with E-state index in [1.54, 1.807) is 6.07 Å². The molecule has 6 nitrogen and oxygen atoms in total. The van der Waals surface area contributed by atoms with E-state index in [-0.39, 0.29) is 5.56 Å². The molecule has 0 spiro atoms. The number of H-pyrrole nitrogens is 1. The number of hydrogen-bond donors (Lipinski definition) is 3. The molecule has 1 amide bonds. The quantitative estimate of drug-likeness (QED) is 0.705. The number of fused-ring (bicyclic) bond motifs is 1. The maximum atomic E-state index is 11.5. The minimum Gasteiger partial charge on any atom is -0.465 e. The number of carbonyl (C=O) groups is 1. The first-order chi connectivity index (χ1) is 8.66. The van der Waals surface area contributed by atoms with Crippen LogP contribution < -0.4 is 10.9 Å². The van der Waals surface area contributed by atoms with Gasteiger partial charge in [-0.1, -0.05) is 6.07 Å². The molecule has 0 saturated carbocycles. The lowest BCUT2D eigenvalue weighted by Gasteiger charge is -2.03. The van der Waals surface area contributed by atoms with Gasteiger partial charge in [0.25, 0.3) is 5.56 Å². The van der Waals surface area contributed by atoms with Crippen LogP contribution in [0.5, 0.6) is 0 Å². The first-order valence-electron chi connectivity index (χ1n) is 5.60. The van der Waals surface area contributed by atoms with Crippen LogP contribution in [0, 0.1) is 0 Å². The first-order valence-corrected chi connectivity index (χ1v) is 5.60. The van der Waals surface area contributed by atoms with Gasteiger partial charge in [-0.25, -0.2) is 9.78 Å². The zero-order valence-electron chi connectivity index (χ0n) is 9.64. The van der Waals surface area contributed by atoms with E-state index in [0.717, 1.165) is 12.0 Å². The number of carboxylic acid groups (broad SMARTS) is 1. The second kappa shape index (κ2) is 5.31. The molecule has 0 atom stereocenters. The molecule has 2 rings (SSSR count). The summed E-state index contributed by atoms with van der Waals surface area (Å²) >= 11 is 0. The molecule has 0 aliphatic carbocycles. The van der Waals surface area contributed by atoms with Crippen molar-refractivity contribution in [2.75, 3.05) is 6.54 Å². The predicted octanol–water partition coefficient (Wildman–Crippen LogP) is 1.12. The maximum Gasteiger partial charge on any atom is 0.404 e. The monoisotopic (exact) mass is 247 g/mol. The highest BCUT2D eigenvalue weighted by atomic mass is 16.4. The third-order valence-electron chi connectivity index (χ3n) is 2.62. The van der Waals surface area contributed by atoms with E-state index < -0.39 is 6.09 Å². The third kappa shape index (κ3) is 2.85. The summed E-state index contributed by atoms with van der Waals surface area (Å²) in [7, 11) is 0. The Morgan fingerprint density at radius 3 is 3.06 bits per heavy atom. The molecule has 0 aliphatic heterocycles. The van der Waals surface area contributed by atoms with Gasteiger partial charge in [0, 0.05) is 6.54 Å². The van der Waals surface area contributed by atoms with Crippen LogP contribution in [0.3, 0.4) is 0 Å². The van der Waals surface area contributed by atoms with Gasteiger partial charge < -0.3 is 15.4 Å². The van der Waals surface area contributed by atoms with E-state index in [4.69, 9.17) is 5.11 Å². The first kappa shape index (κ1) is 12.1. The largest absolute Gasteiger partial charge is 0.465 e. The van der Waals surface area contributed by atoms with Gasteiger partial charge in [-0.2, -0.15) is 0 Å². The summed E-state index contributed by atoms with van der Waals surface area (Å²) in [5.74, 6) is 0. The Morgan fingerprint density at radius 1 is 1.44 bits per heavy atom. The number of aromatic amines is 1. The smallest absolute Gasteiger partial charge is 0.404 e. The van der Waals surface area contributed by atoms with Gasteiger partial charge in [-0.15, -0.1) is 0 Å². The van der Waals surface area contributed by atoms with E-state index in [1.165, 1.54) is 6.33 Å². The third-order valence-corrected chi connectivity index (χ3v) is 2.62. The molecule has 0 unspecified atom stereocenters. The summed E-state index contributed by atoms with van der Waals surface area (Å²) in [6.07, 6.45) is 1.81. The molecule has 1 aromatic heterocycles. The van der Waals surface area contributed by atoms with Gasteiger partial charge >= 0.3 is 6.09 Å². The van der Waals surface area contributed by atoms with Gasteiger partial charge in [0.2, 0.25) is 0 Å². The molecule has 0 saturated heterocycles. The van der Waals surface area contributed by atoms with Crippen molar-refractivity contribution < 1.29 is 9.90 Å². The van der Waals surface area contributed by atoms with Crippen molar-refractivity contribution in [3.05, 3.63) is 40.4 Å². The molecule has 0 fully saturated rings. The van der Waals surface area contributed by atoms with E-state index >= 15 is 0 Å². The highest BCUT2D eigenvalue weighted by molar-refractivity contribution is 5.77. The number of nitrogens with zero attached hydrogens (tertiary/aromatic N) is 1. The van der Waals surface area contributed by atoms with Crippen LogP contribution in [0.15, 0.2) is 29.3 Å². The average Bonchev–Trinajstić information content (AvgIpc) is 2.35. The number of aromatic nitrogens is 2. The molecular formula is C12H13N3O3. The van der Waals surface area contributed by atoms with Crippen molar-refractivity contribution in [1.82, 2.24) is 15.3 Å². The van der Waals surface area contributed by atoms with Crippen LogP contribution in [0.25, 0.3) is 10.9 Å². The summed E-state index contributed by atoms with van der Waals surface area (Å²) in [6, 6.07) is 5.45. The Balaban J connectivity index is 2.06. The summed E-state index contributed by atoms with van der Waals surface area (Å²) in [5.41, 5.74) is 1.54. The van der Waals surface area contributed by atoms with E-state index in [0.29, 0.717) is 23.9 Å². The number of aryl methyl sites for hydroxylation is 1. The van der Waals surface area contributed by atoms with Crippen molar-refractivity contribution in [2.45, 2.75) is 12.8 Å². The normalized spacial score (nSPS) is 10.4. The molecule has 0 aliphatic rings. The lowest BCUT2D eigenvalue weighted by Crippen LogP contribution is -2.22. The number of hydrogen-bond acceptors (Lipinski definition) is 3. The van der Waals surface area contributed by atoms with Crippen molar-refractivity contribution in [2.24, 2.45) is 0 Å². The fourth-order valence-electron chi connectivity index (χ4n) is 1.76. The molecule has 0 radical (unpaired) electrons. The lowest BCUT2D eigenvalue weighted by atomic mass is 10.1.